The molecule has 0 bridgehead atoms. The first-order valence-electron chi connectivity index (χ1n) is 10.0. The average molecular weight is 428 g/mol. The molecule has 1 unspecified atom stereocenters. The second-order valence-corrected chi connectivity index (χ2v) is 8.41. The van der Waals surface area contributed by atoms with Gasteiger partial charge in [-0.05, 0) is 62.2 Å². The molecule has 0 radical (unpaired) electrons. The van der Waals surface area contributed by atoms with Gasteiger partial charge < -0.3 is 9.47 Å². The second kappa shape index (κ2) is 7.59. The summed E-state index contributed by atoms with van der Waals surface area (Å²) in [6.45, 7) is 5.79. The van der Waals surface area contributed by atoms with Crippen molar-refractivity contribution >= 4 is 10.9 Å². The molecule has 2 aromatic heterocycles. The van der Waals surface area contributed by atoms with Crippen molar-refractivity contribution in [3.8, 4) is 0 Å². The van der Waals surface area contributed by atoms with E-state index < -0.39 is 17.4 Å². The summed E-state index contributed by atoms with van der Waals surface area (Å²) in [5.74, 6) is 0. The van der Waals surface area contributed by atoms with Crippen LogP contribution in [0, 0.1) is 6.92 Å². The number of rotatable bonds is 4. The zero-order chi connectivity index (χ0) is 22.4. The Morgan fingerprint density at radius 3 is 2.65 bits per heavy atom. The number of fused-ring (bicyclic) bond motifs is 3. The van der Waals surface area contributed by atoms with E-state index in [1.807, 2.05) is 6.07 Å². The van der Waals surface area contributed by atoms with E-state index >= 15 is 0 Å². The van der Waals surface area contributed by atoms with E-state index in [-0.39, 0.29) is 0 Å². The van der Waals surface area contributed by atoms with E-state index in [1.165, 1.54) is 17.0 Å². The minimum Gasteiger partial charge on any atom is -0.342 e. The topological polar surface area (TPSA) is 69.8 Å². The minimum absolute atomic E-state index is 0.298. The van der Waals surface area contributed by atoms with Crippen molar-refractivity contribution in [2.45, 2.75) is 45.1 Å². The van der Waals surface area contributed by atoms with Crippen LogP contribution in [0.4, 0.5) is 13.2 Å². The maximum absolute atomic E-state index is 12.9. The van der Waals surface area contributed by atoms with Crippen LogP contribution in [0.5, 0.6) is 0 Å². The summed E-state index contributed by atoms with van der Waals surface area (Å²) in [5.41, 5.74) is 12.2. The van der Waals surface area contributed by atoms with E-state index in [4.69, 9.17) is 0 Å². The lowest BCUT2D eigenvalue weighted by atomic mass is 9.93. The number of aryl methyl sites for hydroxylation is 1. The summed E-state index contributed by atoms with van der Waals surface area (Å²) in [6.07, 6.45) is -2.45. The van der Waals surface area contributed by atoms with Gasteiger partial charge in [0.15, 0.2) is 0 Å². The summed E-state index contributed by atoms with van der Waals surface area (Å²) in [6, 6.07) is 8.55. The van der Waals surface area contributed by atoms with Crippen molar-refractivity contribution in [1.82, 2.24) is 14.5 Å². The number of hydrogen-bond acceptors (Lipinski definition) is 3. The zero-order valence-electron chi connectivity index (χ0n) is 17.6. The average Bonchev–Trinajstić information content (AvgIpc) is 2.99. The van der Waals surface area contributed by atoms with Gasteiger partial charge in [-0.1, -0.05) is 22.8 Å². The van der Waals surface area contributed by atoms with Crippen LogP contribution in [-0.2, 0) is 31.2 Å². The van der Waals surface area contributed by atoms with Crippen molar-refractivity contribution in [3.63, 3.8) is 0 Å². The number of nitrogens with zero attached hydrogens (tertiary/aromatic N) is 6. The Morgan fingerprint density at radius 2 is 2.00 bits per heavy atom. The van der Waals surface area contributed by atoms with Crippen molar-refractivity contribution < 1.29 is 13.2 Å². The fraction of sp³-hybridized carbons (Fsp3) is 0.409. The molecule has 31 heavy (non-hydrogen) atoms. The number of pyridine rings is 1. The normalized spacial score (nSPS) is 16.6. The molecule has 4 rings (SSSR count). The number of hydrogen-bond donors (Lipinski definition) is 0. The molecule has 1 aliphatic rings. The number of azide groups is 1. The van der Waals surface area contributed by atoms with Crippen molar-refractivity contribution in [3.05, 3.63) is 75.0 Å². The number of aromatic nitrogens is 2. The van der Waals surface area contributed by atoms with E-state index in [2.05, 4.69) is 50.6 Å². The first-order valence-corrected chi connectivity index (χ1v) is 10.0. The molecular weight excluding hydrogens is 405 g/mol. The van der Waals surface area contributed by atoms with Gasteiger partial charge in [-0.3, -0.25) is 4.98 Å². The molecule has 0 spiro atoms. The predicted molar refractivity (Wildman–Crippen MR) is 112 cm³/mol. The SMILES string of the molecule is Cc1ccc2c(c1)c1c(n2CC(C)(N=[N+]=[N-])c2ccc(C(F)(F)F)nc2)CN(C)CC1. The lowest BCUT2D eigenvalue weighted by molar-refractivity contribution is -0.141. The van der Waals surface area contributed by atoms with E-state index in [0.717, 1.165) is 48.5 Å². The molecule has 0 saturated heterocycles. The molecule has 0 amide bonds. The Balaban J connectivity index is 1.84. The van der Waals surface area contributed by atoms with Gasteiger partial charge in [-0.2, -0.15) is 13.2 Å². The fourth-order valence-corrected chi connectivity index (χ4v) is 4.34. The Kier molecular flexibility index (Phi) is 5.19. The third kappa shape index (κ3) is 3.86. The molecule has 1 atom stereocenters. The van der Waals surface area contributed by atoms with Gasteiger partial charge in [0.1, 0.15) is 5.69 Å². The Morgan fingerprint density at radius 1 is 1.23 bits per heavy atom. The Bertz CT molecular complexity index is 1170. The Hall–Kier alpha value is -3.03. The van der Waals surface area contributed by atoms with Gasteiger partial charge in [-0.25, -0.2) is 0 Å². The molecule has 0 fully saturated rings. The smallest absolute Gasteiger partial charge is 0.342 e. The van der Waals surface area contributed by atoms with Crippen molar-refractivity contribution in [1.29, 1.82) is 0 Å². The lowest BCUT2D eigenvalue weighted by Crippen LogP contribution is -2.31. The van der Waals surface area contributed by atoms with Crippen LogP contribution in [0.1, 0.15) is 35.0 Å². The summed E-state index contributed by atoms with van der Waals surface area (Å²) in [7, 11) is 2.06. The second-order valence-electron chi connectivity index (χ2n) is 8.41. The molecule has 3 aromatic rings. The van der Waals surface area contributed by atoms with Crippen LogP contribution >= 0.6 is 0 Å². The van der Waals surface area contributed by atoms with Crippen LogP contribution in [0.2, 0.25) is 0 Å². The van der Waals surface area contributed by atoms with Crippen LogP contribution in [0.25, 0.3) is 21.3 Å². The van der Waals surface area contributed by atoms with Crippen molar-refractivity contribution in [2.24, 2.45) is 5.11 Å². The maximum Gasteiger partial charge on any atom is 0.433 e. The molecule has 162 valence electrons. The van der Waals surface area contributed by atoms with Gasteiger partial charge in [0.2, 0.25) is 0 Å². The van der Waals surface area contributed by atoms with E-state index in [9.17, 15) is 18.7 Å². The molecule has 9 heteroatoms. The highest BCUT2D eigenvalue weighted by Gasteiger charge is 2.35. The third-order valence-electron chi connectivity index (χ3n) is 6.01. The highest BCUT2D eigenvalue weighted by Crippen LogP contribution is 2.36. The quantitative estimate of drug-likeness (QED) is 0.309. The molecule has 1 aliphatic heterocycles. The van der Waals surface area contributed by atoms with Gasteiger partial charge >= 0.3 is 6.18 Å². The number of halogens is 3. The van der Waals surface area contributed by atoms with Gasteiger partial charge in [-0.15, -0.1) is 0 Å². The third-order valence-corrected chi connectivity index (χ3v) is 6.01. The van der Waals surface area contributed by atoms with Crippen LogP contribution < -0.4 is 0 Å². The summed E-state index contributed by atoms with van der Waals surface area (Å²) in [5, 5.41) is 5.19. The molecule has 0 aliphatic carbocycles. The maximum atomic E-state index is 12.9. The van der Waals surface area contributed by atoms with Crippen LogP contribution in [0.15, 0.2) is 41.6 Å². The minimum atomic E-state index is -4.52. The van der Waals surface area contributed by atoms with Gasteiger partial charge in [0, 0.05) is 47.3 Å². The highest BCUT2D eigenvalue weighted by molar-refractivity contribution is 5.86. The van der Waals surface area contributed by atoms with Crippen LogP contribution in [-0.4, -0.2) is 28.0 Å². The number of alkyl halides is 3. The van der Waals surface area contributed by atoms with E-state index in [1.54, 1.807) is 6.92 Å². The number of likely N-dealkylation sites (N-methyl/N-ethyl adjacent to an activating group) is 1. The van der Waals surface area contributed by atoms with E-state index in [0.29, 0.717) is 12.1 Å². The zero-order valence-corrected chi connectivity index (χ0v) is 17.6. The first-order chi connectivity index (χ1) is 14.6. The monoisotopic (exact) mass is 428 g/mol. The van der Waals surface area contributed by atoms with Crippen molar-refractivity contribution in [2.75, 3.05) is 13.6 Å². The molecule has 3 heterocycles. The largest absolute Gasteiger partial charge is 0.433 e. The standard InChI is InChI=1S/C22H23F3N6/c1-14-4-6-18-17(10-14)16-8-9-30(3)12-19(16)31(18)13-21(2,28-29-26)15-5-7-20(27-11-15)22(23,24)25/h4-7,10-11H,8-9,12-13H2,1-3H3. The fourth-order valence-electron chi connectivity index (χ4n) is 4.34. The number of benzene rings is 1. The van der Waals surface area contributed by atoms with Gasteiger partial charge in [0.05, 0.1) is 5.54 Å². The Labute approximate surface area is 177 Å². The molecule has 6 nitrogen and oxygen atoms in total. The molecule has 0 N–H and O–H groups in total. The predicted octanol–water partition coefficient (Wildman–Crippen LogP) is 5.58. The summed E-state index contributed by atoms with van der Waals surface area (Å²) < 4.78 is 41.0. The highest BCUT2D eigenvalue weighted by atomic mass is 19.4. The summed E-state index contributed by atoms with van der Waals surface area (Å²) >= 11 is 0. The molecule has 0 saturated carbocycles. The molecule has 1 aromatic carbocycles. The van der Waals surface area contributed by atoms with Crippen LogP contribution in [0.3, 0.4) is 0 Å². The summed E-state index contributed by atoms with van der Waals surface area (Å²) in [4.78, 5) is 8.81. The first kappa shape index (κ1) is 21.2. The molecular formula is C22H23F3N6. The van der Waals surface area contributed by atoms with Gasteiger partial charge in [0.25, 0.3) is 0 Å². The lowest BCUT2D eigenvalue weighted by Gasteiger charge is -2.29.